The zero-order chi connectivity index (χ0) is 21.5. The van der Waals surface area contributed by atoms with Crippen molar-refractivity contribution in [2.45, 2.75) is 18.7 Å². The fraction of sp³-hybridized carbons (Fsp3) is 0.125. The van der Waals surface area contributed by atoms with Gasteiger partial charge in [0, 0.05) is 11.4 Å². The Morgan fingerprint density at radius 1 is 0.968 bits per heavy atom. The first kappa shape index (κ1) is 20.7. The van der Waals surface area contributed by atoms with Crippen LogP contribution in [-0.2, 0) is 11.4 Å². The van der Waals surface area contributed by atoms with Gasteiger partial charge in [0.15, 0.2) is 11.0 Å². The predicted molar refractivity (Wildman–Crippen MR) is 123 cm³/mol. The second-order valence-corrected chi connectivity index (χ2v) is 7.82. The predicted octanol–water partition coefficient (Wildman–Crippen LogP) is 4.89. The first-order valence-electron chi connectivity index (χ1n) is 9.86. The number of ether oxygens (including phenoxy) is 1. The molecule has 6 nitrogen and oxygen atoms in total. The Morgan fingerprint density at radius 3 is 2.45 bits per heavy atom. The molecule has 0 fully saturated rings. The molecule has 0 aliphatic heterocycles. The Bertz CT molecular complexity index is 1150. The van der Waals surface area contributed by atoms with Crippen LogP contribution in [0.3, 0.4) is 0 Å². The molecule has 0 saturated carbocycles. The van der Waals surface area contributed by atoms with E-state index < -0.39 is 0 Å². The van der Waals surface area contributed by atoms with Crippen molar-refractivity contribution in [2.75, 3.05) is 11.1 Å². The van der Waals surface area contributed by atoms with E-state index in [1.807, 2.05) is 96.4 Å². The van der Waals surface area contributed by atoms with Gasteiger partial charge in [-0.15, -0.1) is 10.2 Å². The van der Waals surface area contributed by atoms with Crippen molar-refractivity contribution in [3.05, 3.63) is 96.3 Å². The number of anilines is 1. The summed E-state index contributed by atoms with van der Waals surface area (Å²) < 4.78 is 7.80. The molecule has 0 atom stereocenters. The molecular weight excluding hydrogens is 408 g/mol. The zero-order valence-electron chi connectivity index (χ0n) is 17.1. The molecule has 0 unspecified atom stereocenters. The van der Waals surface area contributed by atoms with Crippen LogP contribution in [0, 0.1) is 6.92 Å². The van der Waals surface area contributed by atoms with E-state index in [4.69, 9.17) is 4.74 Å². The van der Waals surface area contributed by atoms with E-state index in [0.29, 0.717) is 11.0 Å². The van der Waals surface area contributed by atoms with Crippen LogP contribution < -0.4 is 10.1 Å². The molecule has 7 heteroatoms. The molecule has 1 heterocycles. The van der Waals surface area contributed by atoms with E-state index >= 15 is 0 Å². The van der Waals surface area contributed by atoms with Crippen molar-refractivity contribution in [1.82, 2.24) is 14.8 Å². The minimum absolute atomic E-state index is 0.0969. The normalized spacial score (nSPS) is 10.6. The number of para-hydroxylation sites is 2. The zero-order valence-corrected chi connectivity index (χ0v) is 17.9. The monoisotopic (exact) mass is 430 g/mol. The number of rotatable bonds is 8. The second kappa shape index (κ2) is 9.95. The maximum absolute atomic E-state index is 12.4. The second-order valence-electron chi connectivity index (χ2n) is 6.88. The third-order valence-corrected chi connectivity index (χ3v) is 5.39. The van der Waals surface area contributed by atoms with Crippen molar-refractivity contribution in [1.29, 1.82) is 0 Å². The van der Waals surface area contributed by atoms with Gasteiger partial charge in [-0.05, 0) is 48.9 Å². The van der Waals surface area contributed by atoms with Crippen molar-refractivity contribution < 1.29 is 9.53 Å². The largest absolute Gasteiger partial charge is 0.486 e. The van der Waals surface area contributed by atoms with Gasteiger partial charge in [0.25, 0.3) is 0 Å². The quantitative estimate of drug-likeness (QED) is 0.403. The summed E-state index contributed by atoms with van der Waals surface area (Å²) in [7, 11) is 0. The van der Waals surface area contributed by atoms with Gasteiger partial charge >= 0.3 is 0 Å². The molecule has 1 amide bonds. The number of carbonyl (C=O) groups excluding carboxylic acids is 1. The Hall–Kier alpha value is -3.58. The topological polar surface area (TPSA) is 69.0 Å². The van der Waals surface area contributed by atoms with E-state index in [2.05, 4.69) is 15.5 Å². The molecule has 0 radical (unpaired) electrons. The Kier molecular flexibility index (Phi) is 6.64. The van der Waals surface area contributed by atoms with Gasteiger partial charge in [-0.1, -0.05) is 60.3 Å². The highest BCUT2D eigenvalue weighted by molar-refractivity contribution is 7.99. The summed E-state index contributed by atoms with van der Waals surface area (Å²) >= 11 is 1.34. The molecule has 0 spiro atoms. The molecule has 156 valence electrons. The van der Waals surface area contributed by atoms with Gasteiger partial charge in [-0.25, -0.2) is 0 Å². The first-order valence-corrected chi connectivity index (χ1v) is 10.8. The molecule has 0 saturated heterocycles. The van der Waals surface area contributed by atoms with Crippen LogP contribution in [0.15, 0.2) is 90.1 Å². The number of nitrogens with zero attached hydrogens (tertiary/aromatic N) is 3. The molecule has 0 aliphatic rings. The molecule has 1 aromatic heterocycles. The number of amides is 1. The fourth-order valence-electron chi connectivity index (χ4n) is 3.04. The van der Waals surface area contributed by atoms with Crippen molar-refractivity contribution >= 4 is 23.4 Å². The standard InChI is InChI=1S/C24H22N4O2S/c1-18-9-8-10-19(15-18)25-23(29)17-31-24-27-26-22(16-30-21-13-6-3-7-14-21)28(24)20-11-4-2-5-12-20/h2-15H,16-17H2,1H3,(H,25,29). The molecular formula is C24H22N4O2S. The lowest BCUT2D eigenvalue weighted by molar-refractivity contribution is -0.113. The van der Waals surface area contributed by atoms with Crippen LogP contribution in [0.2, 0.25) is 0 Å². The molecule has 0 aliphatic carbocycles. The van der Waals surface area contributed by atoms with Gasteiger partial charge in [-0.2, -0.15) is 0 Å². The van der Waals surface area contributed by atoms with Crippen molar-refractivity contribution in [2.24, 2.45) is 0 Å². The average molecular weight is 431 g/mol. The van der Waals surface area contributed by atoms with Crippen LogP contribution in [-0.4, -0.2) is 26.4 Å². The maximum Gasteiger partial charge on any atom is 0.234 e. The highest BCUT2D eigenvalue weighted by Crippen LogP contribution is 2.23. The third kappa shape index (κ3) is 5.52. The first-order chi connectivity index (χ1) is 15.2. The smallest absolute Gasteiger partial charge is 0.234 e. The van der Waals surface area contributed by atoms with E-state index in [-0.39, 0.29) is 18.3 Å². The van der Waals surface area contributed by atoms with Gasteiger partial charge in [-0.3, -0.25) is 9.36 Å². The number of nitrogens with one attached hydrogen (secondary N) is 1. The van der Waals surface area contributed by atoms with E-state index in [1.165, 1.54) is 11.8 Å². The lowest BCUT2D eigenvalue weighted by atomic mass is 10.2. The highest BCUT2D eigenvalue weighted by Gasteiger charge is 2.16. The minimum Gasteiger partial charge on any atom is -0.486 e. The molecule has 3 aromatic carbocycles. The van der Waals surface area contributed by atoms with Crippen LogP contribution in [0.4, 0.5) is 5.69 Å². The van der Waals surface area contributed by atoms with E-state index in [0.717, 1.165) is 22.7 Å². The Morgan fingerprint density at radius 2 is 1.71 bits per heavy atom. The number of aromatic nitrogens is 3. The van der Waals surface area contributed by atoms with Gasteiger partial charge in [0.1, 0.15) is 12.4 Å². The van der Waals surface area contributed by atoms with Gasteiger partial charge in [0.2, 0.25) is 5.91 Å². The highest BCUT2D eigenvalue weighted by atomic mass is 32.2. The summed E-state index contributed by atoms with van der Waals surface area (Å²) in [4.78, 5) is 12.4. The number of benzene rings is 3. The lowest BCUT2D eigenvalue weighted by Crippen LogP contribution is -2.14. The number of thioether (sulfide) groups is 1. The van der Waals surface area contributed by atoms with E-state index in [1.54, 1.807) is 0 Å². The summed E-state index contributed by atoms with van der Waals surface area (Å²) in [5.41, 5.74) is 2.80. The van der Waals surface area contributed by atoms with Gasteiger partial charge in [0.05, 0.1) is 5.75 Å². The molecule has 4 aromatic rings. The van der Waals surface area contributed by atoms with Gasteiger partial charge < -0.3 is 10.1 Å². The maximum atomic E-state index is 12.4. The van der Waals surface area contributed by atoms with Crippen LogP contribution in [0.5, 0.6) is 5.75 Å². The summed E-state index contributed by atoms with van der Waals surface area (Å²) in [5, 5.41) is 12.2. The van der Waals surface area contributed by atoms with Crippen LogP contribution >= 0.6 is 11.8 Å². The number of hydrogen-bond acceptors (Lipinski definition) is 5. The van der Waals surface area contributed by atoms with Crippen LogP contribution in [0.25, 0.3) is 5.69 Å². The lowest BCUT2D eigenvalue weighted by Gasteiger charge is -2.11. The summed E-state index contributed by atoms with van der Waals surface area (Å²) in [6.07, 6.45) is 0. The molecule has 1 N–H and O–H groups in total. The fourth-order valence-corrected chi connectivity index (χ4v) is 3.81. The number of hydrogen-bond donors (Lipinski definition) is 1. The average Bonchev–Trinajstić information content (AvgIpc) is 3.20. The summed E-state index contributed by atoms with van der Waals surface area (Å²) in [6.45, 7) is 2.26. The number of aryl methyl sites for hydroxylation is 1. The molecule has 4 rings (SSSR count). The number of carbonyl (C=O) groups is 1. The molecule has 0 bridgehead atoms. The SMILES string of the molecule is Cc1cccc(NC(=O)CSc2nnc(COc3ccccc3)n2-c2ccccc2)c1. The Labute approximate surface area is 185 Å². The Balaban J connectivity index is 1.49. The minimum atomic E-state index is -0.0969. The van der Waals surface area contributed by atoms with Crippen LogP contribution in [0.1, 0.15) is 11.4 Å². The van der Waals surface area contributed by atoms with E-state index in [9.17, 15) is 4.79 Å². The third-order valence-electron chi connectivity index (χ3n) is 4.46. The van der Waals surface area contributed by atoms with Crippen molar-refractivity contribution in [3.63, 3.8) is 0 Å². The summed E-state index contributed by atoms with van der Waals surface area (Å²) in [6, 6.07) is 27.1. The van der Waals surface area contributed by atoms with Crippen molar-refractivity contribution in [3.8, 4) is 11.4 Å². The molecule has 31 heavy (non-hydrogen) atoms. The summed E-state index contributed by atoms with van der Waals surface area (Å²) in [5.74, 6) is 1.55.